The van der Waals surface area contributed by atoms with Crippen molar-refractivity contribution in [2.45, 2.75) is 4.90 Å². The van der Waals surface area contributed by atoms with E-state index in [-0.39, 0.29) is 4.90 Å². The van der Waals surface area contributed by atoms with Gasteiger partial charge in [-0.1, -0.05) is 0 Å². The van der Waals surface area contributed by atoms with Crippen LogP contribution in [0.2, 0.25) is 0 Å². The first-order chi connectivity index (χ1) is 9.18. The van der Waals surface area contributed by atoms with Gasteiger partial charge in [-0.15, -0.1) is 0 Å². The number of nitrogens with two attached hydrogens (primary N) is 1. The van der Waals surface area contributed by atoms with Gasteiger partial charge in [0.1, 0.15) is 13.2 Å². The van der Waals surface area contributed by atoms with Gasteiger partial charge in [0.2, 0.25) is 10.0 Å². The summed E-state index contributed by atoms with van der Waals surface area (Å²) in [7, 11) is -3.42. The highest BCUT2D eigenvalue weighted by molar-refractivity contribution is 7.89. The SMILES string of the molecule is O=S(=O)(c1ccc2c(c1)OCCO2)N1CC[NH2+]CC1. The van der Waals surface area contributed by atoms with Crippen molar-refractivity contribution in [3.63, 3.8) is 0 Å². The standard InChI is InChI=1S/C12H16N2O4S/c15-19(16,14-5-3-13-4-6-14)10-1-2-11-12(9-10)18-8-7-17-11/h1-2,9,13H,3-8H2/p+1. The normalized spacial score (nSPS) is 20.2. The topological polar surface area (TPSA) is 72.5 Å². The van der Waals surface area contributed by atoms with E-state index >= 15 is 0 Å². The van der Waals surface area contributed by atoms with Crippen LogP contribution in [0.1, 0.15) is 0 Å². The summed E-state index contributed by atoms with van der Waals surface area (Å²) >= 11 is 0. The fourth-order valence-electron chi connectivity index (χ4n) is 2.30. The molecule has 7 heteroatoms. The zero-order valence-corrected chi connectivity index (χ0v) is 11.4. The van der Waals surface area contributed by atoms with E-state index in [0.717, 1.165) is 13.1 Å². The van der Waals surface area contributed by atoms with Gasteiger partial charge in [0, 0.05) is 6.07 Å². The Morgan fingerprint density at radius 2 is 1.74 bits per heavy atom. The Balaban J connectivity index is 1.92. The van der Waals surface area contributed by atoms with Crippen LogP contribution in [0.4, 0.5) is 0 Å². The minimum Gasteiger partial charge on any atom is -0.486 e. The molecule has 1 fully saturated rings. The number of ether oxygens (including phenoxy) is 2. The molecule has 2 aliphatic rings. The predicted octanol–water partition coefficient (Wildman–Crippen LogP) is -0.974. The van der Waals surface area contributed by atoms with Gasteiger partial charge in [0.05, 0.1) is 31.1 Å². The quantitative estimate of drug-likeness (QED) is 0.758. The summed E-state index contributed by atoms with van der Waals surface area (Å²) < 4.78 is 37.3. The smallest absolute Gasteiger partial charge is 0.243 e. The first-order valence-electron chi connectivity index (χ1n) is 6.39. The molecule has 1 aromatic carbocycles. The highest BCUT2D eigenvalue weighted by Gasteiger charge is 2.28. The molecule has 0 spiro atoms. The molecule has 1 aromatic rings. The molecule has 0 aliphatic carbocycles. The summed E-state index contributed by atoms with van der Waals surface area (Å²) in [6.45, 7) is 3.68. The molecule has 0 atom stereocenters. The van der Waals surface area contributed by atoms with Crippen LogP contribution >= 0.6 is 0 Å². The molecule has 19 heavy (non-hydrogen) atoms. The Morgan fingerprint density at radius 1 is 1.05 bits per heavy atom. The van der Waals surface area contributed by atoms with Crippen LogP contribution in [0.5, 0.6) is 11.5 Å². The lowest BCUT2D eigenvalue weighted by molar-refractivity contribution is -0.661. The van der Waals surface area contributed by atoms with E-state index in [2.05, 4.69) is 5.32 Å². The summed E-state index contributed by atoms with van der Waals surface area (Å²) in [4.78, 5) is 0.277. The van der Waals surface area contributed by atoms with E-state index in [1.54, 1.807) is 18.2 Å². The molecule has 2 aliphatic heterocycles. The molecule has 0 amide bonds. The van der Waals surface area contributed by atoms with Crippen LogP contribution in [0, 0.1) is 0 Å². The predicted molar refractivity (Wildman–Crippen MR) is 67.9 cm³/mol. The summed E-state index contributed by atoms with van der Waals surface area (Å²) in [5, 5.41) is 2.12. The average molecular weight is 285 g/mol. The minimum atomic E-state index is -3.42. The molecule has 3 rings (SSSR count). The molecule has 0 unspecified atom stereocenters. The Bertz CT molecular complexity index is 567. The van der Waals surface area contributed by atoms with Crippen molar-refractivity contribution in [2.24, 2.45) is 0 Å². The highest BCUT2D eigenvalue weighted by Crippen LogP contribution is 2.33. The number of rotatable bonds is 2. The number of benzene rings is 1. The second-order valence-electron chi connectivity index (χ2n) is 4.58. The van der Waals surface area contributed by atoms with E-state index in [4.69, 9.17) is 9.47 Å². The minimum absolute atomic E-state index is 0.277. The van der Waals surface area contributed by atoms with Crippen LogP contribution in [0.25, 0.3) is 0 Å². The fraction of sp³-hybridized carbons (Fsp3) is 0.500. The number of hydrogen-bond donors (Lipinski definition) is 1. The molecule has 0 aromatic heterocycles. The number of fused-ring (bicyclic) bond motifs is 1. The van der Waals surface area contributed by atoms with Gasteiger partial charge in [-0.05, 0) is 12.1 Å². The molecule has 1 saturated heterocycles. The number of sulfonamides is 1. The van der Waals surface area contributed by atoms with E-state index in [0.29, 0.717) is 37.8 Å². The lowest BCUT2D eigenvalue weighted by Crippen LogP contribution is -2.89. The van der Waals surface area contributed by atoms with Gasteiger partial charge in [0.15, 0.2) is 11.5 Å². The summed E-state index contributed by atoms with van der Waals surface area (Å²) in [6, 6.07) is 4.81. The maximum atomic E-state index is 12.5. The number of nitrogens with zero attached hydrogens (tertiary/aromatic N) is 1. The molecule has 104 valence electrons. The third kappa shape index (κ3) is 2.41. The lowest BCUT2D eigenvalue weighted by Gasteiger charge is -2.25. The molecule has 0 radical (unpaired) electrons. The monoisotopic (exact) mass is 285 g/mol. The van der Waals surface area contributed by atoms with Crippen LogP contribution < -0.4 is 14.8 Å². The average Bonchev–Trinajstić information content (AvgIpc) is 2.47. The Morgan fingerprint density at radius 3 is 2.47 bits per heavy atom. The van der Waals surface area contributed by atoms with Crippen molar-refractivity contribution in [2.75, 3.05) is 39.4 Å². The first-order valence-corrected chi connectivity index (χ1v) is 7.83. The molecule has 6 nitrogen and oxygen atoms in total. The van der Waals surface area contributed by atoms with E-state index in [9.17, 15) is 8.42 Å². The lowest BCUT2D eigenvalue weighted by atomic mass is 10.3. The molecular formula is C12H17N2O4S+. The molecular weight excluding hydrogens is 268 g/mol. The van der Waals surface area contributed by atoms with Crippen molar-refractivity contribution in [3.8, 4) is 11.5 Å². The van der Waals surface area contributed by atoms with Crippen LogP contribution in [-0.2, 0) is 10.0 Å². The van der Waals surface area contributed by atoms with Gasteiger partial charge >= 0.3 is 0 Å². The first kappa shape index (κ1) is 12.7. The van der Waals surface area contributed by atoms with E-state index in [1.807, 2.05) is 0 Å². The fourth-order valence-corrected chi connectivity index (χ4v) is 3.79. The van der Waals surface area contributed by atoms with Gasteiger partial charge in [-0.25, -0.2) is 8.42 Å². The number of piperazine rings is 1. The molecule has 2 heterocycles. The summed E-state index contributed by atoms with van der Waals surface area (Å²) in [5.41, 5.74) is 0. The highest BCUT2D eigenvalue weighted by atomic mass is 32.2. The van der Waals surface area contributed by atoms with E-state index < -0.39 is 10.0 Å². The van der Waals surface area contributed by atoms with Crippen molar-refractivity contribution in [3.05, 3.63) is 18.2 Å². The molecule has 0 saturated carbocycles. The van der Waals surface area contributed by atoms with Crippen molar-refractivity contribution < 1.29 is 23.2 Å². The largest absolute Gasteiger partial charge is 0.486 e. The summed E-state index contributed by atoms with van der Waals surface area (Å²) in [5.74, 6) is 1.12. The maximum Gasteiger partial charge on any atom is 0.243 e. The van der Waals surface area contributed by atoms with Gasteiger partial charge < -0.3 is 14.8 Å². The van der Waals surface area contributed by atoms with Crippen LogP contribution in [0.15, 0.2) is 23.1 Å². The van der Waals surface area contributed by atoms with Gasteiger partial charge in [-0.3, -0.25) is 0 Å². The van der Waals surface area contributed by atoms with Crippen LogP contribution in [0.3, 0.4) is 0 Å². The third-order valence-corrected chi connectivity index (χ3v) is 5.21. The Kier molecular flexibility index (Phi) is 3.34. The van der Waals surface area contributed by atoms with Crippen molar-refractivity contribution in [1.29, 1.82) is 0 Å². The number of quaternary nitrogens is 1. The summed E-state index contributed by atoms with van der Waals surface area (Å²) in [6.07, 6.45) is 0. The Hall–Kier alpha value is -1.31. The molecule has 2 N–H and O–H groups in total. The van der Waals surface area contributed by atoms with Gasteiger partial charge in [-0.2, -0.15) is 4.31 Å². The second kappa shape index (κ2) is 4.99. The van der Waals surface area contributed by atoms with Gasteiger partial charge in [0.25, 0.3) is 0 Å². The maximum absolute atomic E-state index is 12.5. The molecule has 0 bridgehead atoms. The van der Waals surface area contributed by atoms with Crippen molar-refractivity contribution in [1.82, 2.24) is 4.31 Å². The second-order valence-corrected chi connectivity index (χ2v) is 6.51. The zero-order chi connectivity index (χ0) is 13.3. The van der Waals surface area contributed by atoms with Crippen molar-refractivity contribution >= 4 is 10.0 Å². The Labute approximate surface area is 112 Å². The number of hydrogen-bond acceptors (Lipinski definition) is 4. The third-order valence-electron chi connectivity index (χ3n) is 3.32. The van der Waals surface area contributed by atoms with Crippen LogP contribution in [-0.4, -0.2) is 52.1 Å². The zero-order valence-electron chi connectivity index (χ0n) is 10.5. The van der Waals surface area contributed by atoms with E-state index in [1.165, 1.54) is 4.31 Å².